The van der Waals surface area contributed by atoms with E-state index in [2.05, 4.69) is 4.74 Å². The van der Waals surface area contributed by atoms with Gasteiger partial charge in [-0.25, -0.2) is 13.6 Å². The summed E-state index contributed by atoms with van der Waals surface area (Å²) in [5.74, 6) is -3.39. The molecular weight excluding hydrogens is 218 g/mol. The highest BCUT2D eigenvalue weighted by molar-refractivity contribution is 6.34. The number of ketones is 1. The van der Waals surface area contributed by atoms with E-state index in [0.717, 1.165) is 12.1 Å². The lowest BCUT2D eigenvalue weighted by Gasteiger charge is -2.02. The van der Waals surface area contributed by atoms with Crippen molar-refractivity contribution in [2.24, 2.45) is 0 Å². The van der Waals surface area contributed by atoms with E-state index in [-0.39, 0.29) is 18.6 Å². The van der Waals surface area contributed by atoms with Crippen LogP contribution in [0.2, 0.25) is 0 Å². The minimum atomic E-state index is -0.993. The Kier molecular flexibility index (Phi) is 4.10. The monoisotopic (exact) mass is 228 g/mol. The zero-order valence-corrected chi connectivity index (χ0v) is 8.63. The first-order chi connectivity index (χ1) is 7.52. The van der Waals surface area contributed by atoms with E-state index in [4.69, 9.17) is 0 Å². The standard InChI is InChI=1S/C11H10F2O3/c1-2-16-11(15)10(14)5-7-3-8(12)6-9(13)4-7/h3-4,6H,2,5H2,1H3. The minimum absolute atomic E-state index is 0.0854. The number of carbonyl (C=O) groups excluding carboxylic acids is 2. The van der Waals surface area contributed by atoms with Gasteiger partial charge in [0.25, 0.3) is 0 Å². The number of rotatable bonds is 4. The SMILES string of the molecule is CCOC(=O)C(=O)Cc1cc(F)cc(F)c1. The van der Waals surface area contributed by atoms with Crippen LogP contribution in [0.1, 0.15) is 12.5 Å². The van der Waals surface area contributed by atoms with Crippen molar-refractivity contribution in [2.45, 2.75) is 13.3 Å². The van der Waals surface area contributed by atoms with Crippen LogP contribution in [0, 0.1) is 11.6 Å². The highest BCUT2D eigenvalue weighted by Gasteiger charge is 2.16. The predicted octanol–water partition coefficient (Wildman–Crippen LogP) is 1.64. The summed E-state index contributed by atoms with van der Waals surface area (Å²) in [4.78, 5) is 22.2. The van der Waals surface area contributed by atoms with Crippen LogP contribution in [0.25, 0.3) is 0 Å². The van der Waals surface area contributed by atoms with E-state index < -0.39 is 23.4 Å². The van der Waals surface area contributed by atoms with Gasteiger partial charge in [-0.15, -0.1) is 0 Å². The van der Waals surface area contributed by atoms with E-state index in [1.54, 1.807) is 6.92 Å². The van der Waals surface area contributed by atoms with Crippen LogP contribution in [0.4, 0.5) is 8.78 Å². The Hall–Kier alpha value is -1.78. The highest BCUT2D eigenvalue weighted by atomic mass is 19.1. The molecule has 1 rings (SSSR count). The quantitative estimate of drug-likeness (QED) is 0.581. The molecule has 0 saturated heterocycles. The Morgan fingerprint density at radius 2 is 1.75 bits per heavy atom. The van der Waals surface area contributed by atoms with Crippen molar-refractivity contribution in [1.82, 2.24) is 0 Å². The first kappa shape index (κ1) is 12.3. The third-order valence-corrected chi connectivity index (χ3v) is 1.79. The van der Waals surface area contributed by atoms with Gasteiger partial charge in [-0.1, -0.05) is 0 Å². The van der Waals surface area contributed by atoms with Crippen LogP contribution >= 0.6 is 0 Å². The van der Waals surface area contributed by atoms with Crippen LogP contribution < -0.4 is 0 Å². The van der Waals surface area contributed by atoms with Gasteiger partial charge in [0, 0.05) is 12.5 Å². The van der Waals surface area contributed by atoms with E-state index >= 15 is 0 Å². The fourth-order valence-electron chi connectivity index (χ4n) is 1.18. The molecule has 3 nitrogen and oxygen atoms in total. The van der Waals surface area contributed by atoms with Gasteiger partial charge in [-0.3, -0.25) is 4.79 Å². The van der Waals surface area contributed by atoms with Gasteiger partial charge < -0.3 is 4.74 Å². The number of esters is 1. The Bertz CT molecular complexity index is 395. The van der Waals surface area contributed by atoms with Crippen LogP contribution in [-0.4, -0.2) is 18.4 Å². The number of hydrogen-bond acceptors (Lipinski definition) is 3. The summed E-state index contributed by atoms with van der Waals surface area (Å²) in [6, 6.07) is 2.69. The van der Waals surface area contributed by atoms with Crippen LogP contribution in [0.5, 0.6) is 0 Å². The average Bonchev–Trinajstić information content (AvgIpc) is 2.16. The van der Waals surface area contributed by atoms with Crippen molar-refractivity contribution in [2.75, 3.05) is 6.61 Å². The summed E-state index contributed by atoms with van der Waals surface area (Å²) in [5.41, 5.74) is 0.107. The number of Topliss-reactive ketones (excluding diaryl/α,β-unsaturated/α-hetero) is 1. The average molecular weight is 228 g/mol. The normalized spacial score (nSPS) is 9.94. The van der Waals surface area contributed by atoms with Gasteiger partial charge in [-0.2, -0.15) is 0 Å². The number of benzene rings is 1. The molecule has 0 aliphatic heterocycles. The maximum absolute atomic E-state index is 12.8. The Balaban J connectivity index is 2.73. The molecule has 5 heteroatoms. The summed E-state index contributed by atoms with van der Waals surface area (Å²) in [6.07, 6.45) is -0.368. The first-order valence-electron chi connectivity index (χ1n) is 4.68. The lowest BCUT2D eigenvalue weighted by Crippen LogP contribution is -2.19. The van der Waals surface area contributed by atoms with Crippen LogP contribution in [0.15, 0.2) is 18.2 Å². The molecule has 0 spiro atoms. The Morgan fingerprint density at radius 3 is 2.25 bits per heavy atom. The highest BCUT2D eigenvalue weighted by Crippen LogP contribution is 2.09. The molecular formula is C11H10F2O3. The van der Waals surface area contributed by atoms with Gasteiger partial charge in [0.15, 0.2) is 0 Å². The number of hydrogen-bond donors (Lipinski definition) is 0. The van der Waals surface area contributed by atoms with Crippen molar-refractivity contribution >= 4 is 11.8 Å². The summed E-state index contributed by atoms with van der Waals surface area (Å²) in [5, 5.41) is 0. The van der Waals surface area contributed by atoms with E-state index in [1.807, 2.05) is 0 Å². The molecule has 0 aromatic heterocycles. The molecule has 0 N–H and O–H groups in total. The zero-order valence-electron chi connectivity index (χ0n) is 8.63. The van der Waals surface area contributed by atoms with Gasteiger partial charge >= 0.3 is 5.97 Å². The third kappa shape index (κ3) is 3.42. The Morgan fingerprint density at radius 1 is 1.19 bits per heavy atom. The van der Waals surface area contributed by atoms with Crippen molar-refractivity contribution in [3.63, 3.8) is 0 Å². The number of halogens is 2. The zero-order chi connectivity index (χ0) is 12.1. The van der Waals surface area contributed by atoms with Gasteiger partial charge in [0.2, 0.25) is 5.78 Å². The molecule has 0 saturated carbocycles. The van der Waals surface area contributed by atoms with Gasteiger partial charge in [-0.05, 0) is 24.6 Å². The summed E-state index contributed by atoms with van der Waals surface area (Å²) in [6.45, 7) is 1.65. The van der Waals surface area contributed by atoms with Crippen LogP contribution in [0.3, 0.4) is 0 Å². The van der Waals surface area contributed by atoms with Crippen molar-refractivity contribution in [3.8, 4) is 0 Å². The minimum Gasteiger partial charge on any atom is -0.460 e. The lowest BCUT2D eigenvalue weighted by molar-refractivity contribution is -0.153. The van der Waals surface area contributed by atoms with Crippen molar-refractivity contribution < 1.29 is 23.1 Å². The molecule has 0 unspecified atom stereocenters. The fraction of sp³-hybridized carbons (Fsp3) is 0.273. The summed E-state index contributed by atoms with van der Waals surface area (Å²) >= 11 is 0. The van der Waals surface area contributed by atoms with E-state index in [1.165, 1.54) is 0 Å². The van der Waals surface area contributed by atoms with Gasteiger partial charge in [0.05, 0.1) is 6.61 Å². The van der Waals surface area contributed by atoms with Crippen LogP contribution in [-0.2, 0) is 20.7 Å². The molecule has 86 valence electrons. The van der Waals surface area contributed by atoms with E-state index in [9.17, 15) is 18.4 Å². The third-order valence-electron chi connectivity index (χ3n) is 1.79. The smallest absolute Gasteiger partial charge is 0.374 e. The molecule has 0 bridgehead atoms. The molecule has 0 aliphatic carbocycles. The maximum Gasteiger partial charge on any atom is 0.374 e. The molecule has 0 atom stereocenters. The molecule has 1 aromatic rings. The molecule has 0 amide bonds. The topological polar surface area (TPSA) is 43.4 Å². The molecule has 1 aromatic carbocycles. The number of carbonyl (C=O) groups is 2. The Labute approximate surface area is 91.0 Å². The molecule has 0 radical (unpaired) electrons. The second kappa shape index (κ2) is 5.34. The number of ether oxygens (including phenoxy) is 1. The van der Waals surface area contributed by atoms with Crippen molar-refractivity contribution in [1.29, 1.82) is 0 Å². The first-order valence-corrected chi connectivity index (χ1v) is 4.68. The maximum atomic E-state index is 12.8. The van der Waals surface area contributed by atoms with E-state index in [0.29, 0.717) is 6.07 Å². The molecule has 16 heavy (non-hydrogen) atoms. The van der Waals surface area contributed by atoms with Gasteiger partial charge in [0.1, 0.15) is 11.6 Å². The van der Waals surface area contributed by atoms with Crippen molar-refractivity contribution in [3.05, 3.63) is 35.4 Å². The fourth-order valence-corrected chi connectivity index (χ4v) is 1.18. The lowest BCUT2D eigenvalue weighted by atomic mass is 10.1. The predicted molar refractivity (Wildman–Crippen MR) is 51.7 cm³/mol. The molecule has 0 aliphatic rings. The summed E-state index contributed by atoms with van der Waals surface area (Å²) < 4.78 is 30.0. The molecule has 0 fully saturated rings. The summed E-state index contributed by atoms with van der Waals surface area (Å²) in [7, 11) is 0. The molecule has 0 heterocycles. The largest absolute Gasteiger partial charge is 0.460 e. The second-order valence-corrected chi connectivity index (χ2v) is 3.10. The second-order valence-electron chi connectivity index (χ2n) is 3.10.